The van der Waals surface area contributed by atoms with E-state index in [1.54, 1.807) is 29.1 Å². The highest BCUT2D eigenvalue weighted by Gasteiger charge is 2.42. The molecule has 1 amide bonds. The monoisotopic (exact) mass is 474 g/mol. The van der Waals surface area contributed by atoms with E-state index in [1.807, 2.05) is 11.3 Å². The largest absolute Gasteiger partial charge is 0.412 e. The second kappa shape index (κ2) is 9.34. The highest BCUT2D eigenvalue weighted by Crippen LogP contribution is 2.45. The summed E-state index contributed by atoms with van der Waals surface area (Å²) in [5, 5.41) is 3.61. The van der Waals surface area contributed by atoms with Gasteiger partial charge in [-0.3, -0.25) is 0 Å². The van der Waals surface area contributed by atoms with Crippen molar-refractivity contribution in [3.05, 3.63) is 50.7 Å². The van der Waals surface area contributed by atoms with E-state index >= 15 is 0 Å². The van der Waals surface area contributed by atoms with Gasteiger partial charge in [0.2, 0.25) is 0 Å². The maximum absolute atomic E-state index is 12.1. The lowest BCUT2D eigenvalue weighted by Gasteiger charge is -2.46. The van der Waals surface area contributed by atoms with Crippen molar-refractivity contribution in [3.8, 4) is 5.75 Å². The number of amides is 1. The van der Waals surface area contributed by atoms with Crippen molar-refractivity contribution in [3.63, 3.8) is 0 Å². The lowest BCUT2D eigenvalue weighted by Crippen LogP contribution is -2.51. The van der Waals surface area contributed by atoms with Gasteiger partial charge in [0.1, 0.15) is 5.75 Å². The van der Waals surface area contributed by atoms with Gasteiger partial charge in [-0.1, -0.05) is 18.5 Å². The predicted molar refractivity (Wildman–Crippen MR) is 128 cm³/mol. The van der Waals surface area contributed by atoms with Crippen LogP contribution < -0.4 is 10.1 Å². The Morgan fingerprint density at radius 3 is 2.75 bits per heavy atom. The lowest BCUT2D eigenvalue weighted by molar-refractivity contribution is -0.0995. The third-order valence-electron chi connectivity index (χ3n) is 7.17. The number of fused-ring (bicyclic) bond motifs is 2. The first-order valence-corrected chi connectivity index (χ1v) is 12.9. The van der Waals surface area contributed by atoms with Crippen LogP contribution in [0.4, 0.5) is 4.79 Å². The smallest absolute Gasteiger partial charge is 0.410 e. The number of benzene rings is 1. The van der Waals surface area contributed by atoms with Gasteiger partial charge in [-0.15, -0.1) is 11.3 Å². The summed E-state index contributed by atoms with van der Waals surface area (Å²) in [5.74, 6) is 1.15. The summed E-state index contributed by atoms with van der Waals surface area (Å²) in [6, 6.07) is 9.46. The molecule has 1 aliphatic carbocycles. The minimum Gasteiger partial charge on any atom is -0.410 e. The van der Waals surface area contributed by atoms with Gasteiger partial charge in [-0.25, -0.2) is 4.79 Å². The van der Waals surface area contributed by atoms with Crippen molar-refractivity contribution >= 4 is 29.0 Å². The van der Waals surface area contributed by atoms with E-state index in [4.69, 9.17) is 21.1 Å². The predicted octanol–water partition coefficient (Wildman–Crippen LogP) is 5.39. The second-order valence-electron chi connectivity index (χ2n) is 9.32. The van der Waals surface area contributed by atoms with Gasteiger partial charge in [0.15, 0.2) is 0 Å². The number of carbonyl (C=O) groups excluding carboxylic acids is 1. The Bertz CT molecular complexity index is 947. The first kappa shape index (κ1) is 22.2. The lowest BCUT2D eigenvalue weighted by atomic mass is 9.78. The molecule has 5 rings (SSSR count). The van der Waals surface area contributed by atoms with Crippen LogP contribution in [0.25, 0.3) is 0 Å². The number of piperidine rings is 1. The van der Waals surface area contributed by atoms with Crippen LogP contribution in [0.3, 0.4) is 0 Å². The molecule has 7 heteroatoms. The number of nitrogens with one attached hydrogen (secondary N) is 1. The Morgan fingerprint density at radius 1 is 1.28 bits per heavy atom. The number of likely N-dealkylation sites (tertiary alicyclic amines) is 1. The zero-order chi connectivity index (χ0) is 22.1. The number of rotatable bonds is 5. The maximum Gasteiger partial charge on any atom is 0.412 e. The number of aryl methyl sites for hydroxylation is 1. The molecule has 32 heavy (non-hydrogen) atoms. The molecule has 1 spiro atoms. The molecule has 2 aromatic rings. The summed E-state index contributed by atoms with van der Waals surface area (Å²) >= 11 is 7.85. The van der Waals surface area contributed by atoms with Crippen molar-refractivity contribution in [1.29, 1.82) is 0 Å². The van der Waals surface area contributed by atoms with Gasteiger partial charge in [-0.2, -0.15) is 0 Å². The molecule has 1 aromatic heterocycles. The van der Waals surface area contributed by atoms with E-state index in [0.717, 1.165) is 64.8 Å². The van der Waals surface area contributed by atoms with Gasteiger partial charge in [-0.05, 0) is 73.9 Å². The van der Waals surface area contributed by atoms with Crippen LogP contribution >= 0.6 is 22.9 Å². The van der Waals surface area contributed by atoms with E-state index < -0.39 is 0 Å². The number of halogens is 1. The molecule has 0 bridgehead atoms. The van der Waals surface area contributed by atoms with Crippen LogP contribution in [0.2, 0.25) is 5.02 Å². The first-order valence-electron chi connectivity index (χ1n) is 11.8. The number of hydrogen-bond acceptors (Lipinski definition) is 5. The molecule has 3 heterocycles. The number of nitrogens with zero attached hydrogens (tertiary/aromatic N) is 1. The third-order valence-corrected chi connectivity index (χ3v) is 8.76. The molecule has 0 unspecified atom stereocenters. The van der Waals surface area contributed by atoms with E-state index in [0.29, 0.717) is 16.7 Å². The third kappa shape index (κ3) is 4.69. The van der Waals surface area contributed by atoms with Gasteiger partial charge < -0.3 is 19.7 Å². The van der Waals surface area contributed by atoms with Gasteiger partial charge >= 0.3 is 6.09 Å². The summed E-state index contributed by atoms with van der Waals surface area (Å²) in [6.45, 7) is 6.38. The molecule has 1 saturated heterocycles. The molecule has 1 N–H and O–H groups in total. The van der Waals surface area contributed by atoms with Gasteiger partial charge in [0.25, 0.3) is 0 Å². The molecule has 2 fully saturated rings. The fraction of sp³-hybridized carbons (Fsp3) is 0.560. The van der Waals surface area contributed by atoms with Crippen LogP contribution in [0.5, 0.6) is 5.75 Å². The highest BCUT2D eigenvalue weighted by atomic mass is 35.5. The Hall–Kier alpha value is -1.60. The molecular formula is C25H31ClN2O3S. The van der Waals surface area contributed by atoms with E-state index in [1.165, 1.54) is 10.4 Å². The SMILES string of the molecule is CCc1cc2c(s1)CCOC21CCN(CC2CC(NC(=O)Oc3ccc(Cl)cc3)C2)CC1. The maximum atomic E-state index is 12.1. The van der Waals surface area contributed by atoms with E-state index in [-0.39, 0.29) is 17.7 Å². The molecule has 1 aromatic carbocycles. The number of thiophene rings is 1. The standard InChI is InChI=1S/C25H31ClN2O3S/c1-2-21-15-22-23(32-21)7-12-30-25(22)8-10-28(11-9-25)16-17-13-19(14-17)27-24(29)31-20-5-3-18(26)4-6-20/h3-6,15,17,19H,2,7-14,16H2,1H3,(H,27,29). The molecule has 5 nitrogen and oxygen atoms in total. The second-order valence-corrected chi connectivity index (χ2v) is 11.0. The Labute approximate surface area is 199 Å². The number of ether oxygens (including phenoxy) is 2. The quantitative estimate of drug-likeness (QED) is 0.630. The average Bonchev–Trinajstić information content (AvgIpc) is 3.20. The molecule has 0 radical (unpaired) electrons. The Morgan fingerprint density at radius 2 is 2.03 bits per heavy atom. The van der Waals surface area contributed by atoms with Crippen LogP contribution in [0.15, 0.2) is 30.3 Å². The Balaban J connectivity index is 1.06. The zero-order valence-electron chi connectivity index (χ0n) is 18.6. The molecule has 2 aliphatic heterocycles. The zero-order valence-corrected chi connectivity index (χ0v) is 20.1. The first-order chi connectivity index (χ1) is 15.5. The highest BCUT2D eigenvalue weighted by molar-refractivity contribution is 7.12. The molecule has 1 saturated carbocycles. The van der Waals surface area contributed by atoms with Crippen LogP contribution in [-0.4, -0.2) is 43.3 Å². The number of carbonyl (C=O) groups is 1. The van der Waals surface area contributed by atoms with E-state index in [2.05, 4.69) is 23.2 Å². The minimum absolute atomic E-state index is 0.0524. The minimum atomic E-state index is -0.386. The van der Waals surface area contributed by atoms with Crippen LogP contribution in [-0.2, 0) is 23.2 Å². The fourth-order valence-electron chi connectivity index (χ4n) is 5.33. The average molecular weight is 475 g/mol. The summed E-state index contributed by atoms with van der Waals surface area (Å²) in [5.41, 5.74) is 1.43. The summed E-state index contributed by atoms with van der Waals surface area (Å²) in [7, 11) is 0. The van der Waals surface area contributed by atoms with Crippen molar-refractivity contribution < 1.29 is 14.3 Å². The van der Waals surface area contributed by atoms with Crippen LogP contribution in [0.1, 0.15) is 47.9 Å². The fourth-order valence-corrected chi connectivity index (χ4v) is 6.63. The number of hydrogen-bond donors (Lipinski definition) is 1. The van der Waals surface area contributed by atoms with Crippen molar-refractivity contribution in [2.75, 3.05) is 26.2 Å². The molecule has 3 aliphatic rings. The Kier molecular flexibility index (Phi) is 6.48. The molecule has 0 atom stereocenters. The molecular weight excluding hydrogens is 444 g/mol. The summed E-state index contributed by atoms with van der Waals surface area (Å²) in [4.78, 5) is 17.7. The molecule has 172 valence electrons. The van der Waals surface area contributed by atoms with Gasteiger partial charge in [0, 0.05) is 46.9 Å². The van der Waals surface area contributed by atoms with Gasteiger partial charge in [0.05, 0.1) is 12.2 Å². The topological polar surface area (TPSA) is 50.8 Å². The normalized spacial score (nSPS) is 24.6. The van der Waals surface area contributed by atoms with Crippen molar-refractivity contribution in [2.45, 2.75) is 57.1 Å². The van der Waals surface area contributed by atoms with Crippen molar-refractivity contribution in [2.24, 2.45) is 5.92 Å². The van der Waals surface area contributed by atoms with Crippen molar-refractivity contribution in [1.82, 2.24) is 10.2 Å². The van der Waals surface area contributed by atoms with Crippen LogP contribution in [0, 0.1) is 5.92 Å². The van der Waals surface area contributed by atoms with E-state index in [9.17, 15) is 4.79 Å². The summed E-state index contributed by atoms with van der Waals surface area (Å²) < 4.78 is 11.7. The summed E-state index contributed by atoms with van der Waals surface area (Å²) in [6.07, 6.45) is 6.00.